The van der Waals surface area contributed by atoms with Crippen LogP contribution in [0.4, 0.5) is 5.69 Å². The lowest BCUT2D eigenvalue weighted by molar-refractivity contribution is 0.355. The normalized spacial score (nSPS) is 10.3. The highest BCUT2D eigenvalue weighted by atomic mass is 16.5. The number of anilines is 1. The van der Waals surface area contributed by atoms with E-state index in [1.54, 1.807) is 32.6 Å². The maximum Gasteiger partial charge on any atom is 0.228 e. The van der Waals surface area contributed by atoms with Crippen LogP contribution in [0.1, 0.15) is 5.69 Å². The summed E-state index contributed by atoms with van der Waals surface area (Å²) in [6.45, 7) is 1.85. The zero-order chi connectivity index (χ0) is 12.4. The van der Waals surface area contributed by atoms with E-state index < -0.39 is 0 Å². The van der Waals surface area contributed by atoms with Crippen LogP contribution in [0.25, 0.3) is 11.5 Å². The first kappa shape index (κ1) is 11.3. The van der Waals surface area contributed by atoms with Crippen molar-refractivity contribution in [1.82, 2.24) is 4.98 Å². The number of nitrogens with zero attached hydrogens (tertiary/aromatic N) is 1. The highest BCUT2D eigenvalue weighted by molar-refractivity contribution is 5.75. The summed E-state index contributed by atoms with van der Waals surface area (Å²) in [6, 6.07) is 3.44. The fourth-order valence-corrected chi connectivity index (χ4v) is 1.56. The number of oxazole rings is 1. The molecule has 0 spiro atoms. The van der Waals surface area contributed by atoms with Crippen molar-refractivity contribution >= 4 is 5.69 Å². The Bertz CT molecular complexity index is 535. The molecule has 5 nitrogen and oxygen atoms in total. The standard InChI is InChI=1S/C12H14N2O3/c1-7-6-17-12(14-7)8-4-10(15-2)11(16-3)5-9(8)13/h4-6H,13H2,1-3H3. The maximum absolute atomic E-state index is 5.93. The molecule has 0 unspecified atom stereocenters. The summed E-state index contributed by atoms with van der Waals surface area (Å²) >= 11 is 0. The Balaban J connectivity index is 2.55. The van der Waals surface area contributed by atoms with E-state index in [0.717, 1.165) is 5.69 Å². The van der Waals surface area contributed by atoms with Crippen LogP contribution in [0.2, 0.25) is 0 Å². The van der Waals surface area contributed by atoms with Gasteiger partial charge >= 0.3 is 0 Å². The second kappa shape index (κ2) is 4.37. The molecule has 0 fully saturated rings. The molecule has 5 heteroatoms. The molecule has 0 saturated carbocycles. The number of aromatic nitrogens is 1. The molecule has 1 aromatic heterocycles. The number of rotatable bonds is 3. The molecule has 0 atom stereocenters. The van der Waals surface area contributed by atoms with Gasteiger partial charge in [0.15, 0.2) is 11.5 Å². The molecule has 0 saturated heterocycles. The molecule has 0 aliphatic heterocycles. The average Bonchev–Trinajstić information content (AvgIpc) is 2.75. The van der Waals surface area contributed by atoms with Crippen LogP contribution >= 0.6 is 0 Å². The first-order valence-electron chi connectivity index (χ1n) is 5.09. The summed E-state index contributed by atoms with van der Waals surface area (Å²) in [7, 11) is 3.13. The minimum Gasteiger partial charge on any atom is -0.493 e. The van der Waals surface area contributed by atoms with Crippen molar-refractivity contribution in [3.05, 3.63) is 24.1 Å². The molecule has 1 heterocycles. The van der Waals surface area contributed by atoms with Gasteiger partial charge in [0.1, 0.15) is 6.26 Å². The van der Waals surface area contributed by atoms with E-state index in [-0.39, 0.29) is 0 Å². The average molecular weight is 234 g/mol. The van der Waals surface area contributed by atoms with Crippen molar-refractivity contribution in [2.45, 2.75) is 6.92 Å². The van der Waals surface area contributed by atoms with Crippen LogP contribution in [0.3, 0.4) is 0 Å². The topological polar surface area (TPSA) is 70.5 Å². The number of ether oxygens (including phenoxy) is 2. The fourth-order valence-electron chi connectivity index (χ4n) is 1.56. The van der Waals surface area contributed by atoms with E-state index >= 15 is 0 Å². The molecule has 17 heavy (non-hydrogen) atoms. The van der Waals surface area contributed by atoms with Crippen molar-refractivity contribution in [1.29, 1.82) is 0 Å². The van der Waals surface area contributed by atoms with Gasteiger partial charge in [0.2, 0.25) is 5.89 Å². The van der Waals surface area contributed by atoms with Gasteiger partial charge in [-0.3, -0.25) is 0 Å². The van der Waals surface area contributed by atoms with Crippen LogP contribution < -0.4 is 15.2 Å². The highest BCUT2D eigenvalue weighted by Gasteiger charge is 2.14. The largest absolute Gasteiger partial charge is 0.493 e. The van der Waals surface area contributed by atoms with Gasteiger partial charge in [-0.05, 0) is 13.0 Å². The number of nitrogen functional groups attached to an aromatic ring is 1. The summed E-state index contributed by atoms with van der Waals surface area (Å²) < 4.78 is 15.7. The Morgan fingerprint density at radius 2 is 1.82 bits per heavy atom. The van der Waals surface area contributed by atoms with E-state index in [0.29, 0.717) is 28.6 Å². The monoisotopic (exact) mass is 234 g/mol. The summed E-state index contributed by atoms with van der Waals surface area (Å²) in [5.74, 6) is 1.64. The van der Waals surface area contributed by atoms with Crippen molar-refractivity contribution in [2.24, 2.45) is 0 Å². The van der Waals surface area contributed by atoms with E-state index in [1.807, 2.05) is 6.92 Å². The van der Waals surface area contributed by atoms with Crippen LogP contribution in [-0.2, 0) is 0 Å². The number of aryl methyl sites for hydroxylation is 1. The van der Waals surface area contributed by atoms with E-state index in [4.69, 9.17) is 19.6 Å². The number of hydrogen-bond acceptors (Lipinski definition) is 5. The van der Waals surface area contributed by atoms with Crippen LogP contribution in [-0.4, -0.2) is 19.2 Å². The zero-order valence-electron chi connectivity index (χ0n) is 9.98. The molecule has 90 valence electrons. The van der Waals surface area contributed by atoms with E-state index in [1.165, 1.54) is 0 Å². The third-order valence-electron chi connectivity index (χ3n) is 2.41. The van der Waals surface area contributed by atoms with Gasteiger partial charge in [0.25, 0.3) is 0 Å². The zero-order valence-corrected chi connectivity index (χ0v) is 9.98. The van der Waals surface area contributed by atoms with Gasteiger partial charge in [-0.15, -0.1) is 0 Å². The second-order valence-corrected chi connectivity index (χ2v) is 3.59. The lowest BCUT2D eigenvalue weighted by Gasteiger charge is -2.10. The molecule has 0 radical (unpaired) electrons. The Hall–Kier alpha value is -2.17. The van der Waals surface area contributed by atoms with Crippen molar-refractivity contribution < 1.29 is 13.9 Å². The maximum atomic E-state index is 5.93. The lowest BCUT2D eigenvalue weighted by Crippen LogP contribution is -1.96. The smallest absolute Gasteiger partial charge is 0.228 e. The minimum atomic E-state index is 0.473. The Kier molecular flexibility index (Phi) is 2.91. The van der Waals surface area contributed by atoms with Crippen molar-refractivity contribution in [2.75, 3.05) is 20.0 Å². The summed E-state index contributed by atoms with van der Waals surface area (Å²) in [5.41, 5.74) is 7.95. The lowest BCUT2D eigenvalue weighted by atomic mass is 10.1. The Labute approximate surface area is 99.2 Å². The molecule has 0 aliphatic carbocycles. The molecule has 2 aromatic rings. The number of methoxy groups -OCH3 is 2. The van der Waals surface area contributed by atoms with Crippen LogP contribution in [0.5, 0.6) is 11.5 Å². The predicted octanol–water partition coefficient (Wildman–Crippen LogP) is 2.25. The fraction of sp³-hybridized carbons (Fsp3) is 0.250. The third kappa shape index (κ3) is 2.04. The Morgan fingerprint density at radius 3 is 2.35 bits per heavy atom. The molecule has 1 aromatic carbocycles. The van der Waals surface area contributed by atoms with E-state index in [2.05, 4.69) is 4.98 Å². The van der Waals surface area contributed by atoms with Crippen molar-refractivity contribution in [3.8, 4) is 23.0 Å². The molecule has 2 N–H and O–H groups in total. The minimum absolute atomic E-state index is 0.473. The predicted molar refractivity (Wildman–Crippen MR) is 64.2 cm³/mol. The SMILES string of the molecule is COc1cc(N)c(-c2nc(C)co2)cc1OC. The summed E-state index contributed by atoms with van der Waals surface area (Å²) in [5, 5.41) is 0. The van der Waals surface area contributed by atoms with E-state index in [9.17, 15) is 0 Å². The molecular weight excluding hydrogens is 220 g/mol. The van der Waals surface area contributed by atoms with Gasteiger partial charge in [0, 0.05) is 11.8 Å². The first-order chi connectivity index (χ1) is 8.15. The van der Waals surface area contributed by atoms with Gasteiger partial charge in [-0.25, -0.2) is 4.98 Å². The number of hydrogen-bond donors (Lipinski definition) is 1. The summed E-state index contributed by atoms with van der Waals surface area (Å²) in [4.78, 5) is 4.23. The van der Waals surface area contributed by atoms with Crippen molar-refractivity contribution in [3.63, 3.8) is 0 Å². The quantitative estimate of drug-likeness (QED) is 0.825. The van der Waals surface area contributed by atoms with Crippen LogP contribution in [0.15, 0.2) is 22.8 Å². The molecule has 0 bridgehead atoms. The van der Waals surface area contributed by atoms with Crippen LogP contribution in [0, 0.1) is 6.92 Å². The molecule has 0 aliphatic rings. The van der Waals surface area contributed by atoms with Gasteiger partial charge in [0.05, 0.1) is 25.5 Å². The molecule has 0 amide bonds. The Morgan fingerprint density at radius 1 is 1.18 bits per heavy atom. The molecular formula is C12H14N2O3. The number of benzene rings is 1. The highest BCUT2D eigenvalue weighted by Crippen LogP contribution is 2.36. The van der Waals surface area contributed by atoms with Gasteiger partial charge in [-0.1, -0.05) is 0 Å². The second-order valence-electron chi connectivity index (χ2n) is 3.59. The number of nitrogens with two attached hydrogens (primary N) is 1. The summed E-state index contributed by atoms with van der Waals surface area (Å²) in [6.07, 6.45) is 1.57. The first-order valence-corrected chi connectivity index (χ1v) is 5.09. The third-order valence-corrected chi connectivity index (χ3v) is 2.41. The molecule has 2 rings (SSSR count). The van der Waals surface area contributed by atoms with Gasteiger partial charge in [-0.2, -0.15) is 0 Å². The van der Waals surface area contributed by atoms with Gasteiger partial charge < -0.3 is 19.6 Å².